The van der Waals surface area contributed by atoms with Crippen molar-refractivity contribution in [3.8, 4) is 0 Å². The molecule has 0 spiro atoms. The Balaban J connectivity index is -0.000000441. The monoisotopic (exact) mass is 683 g/mol. The Labute approximate surface area is 268 Å². The summed E-state index contributed by atoms with van der Waals surface area (Å²) >= 11 is 0. The van der Waals surface area contributed by atoms with Crippen molar-refractivity contribution in [2.45, 2.75) is 117 Å². The molecule has 0 aromatic heterocycles. The van der Waals surface area contributed by atoms with Crippen LogP contribution in [0.2, 0.25) is 0 Å². The Kier molecular flexibility index (Phi) is 37.2. The van der Waals surface area contributed by atoms with Gasteiger partial charge in [0.05, 0.1) is 0 Å². The topological polar surface area (TPSA) is 67.0 Å². The number of benzene rings is 1. The molecule has 0 aliphatic heterocycles. The minimum atomic E-state index is -0.769. The summed E-state index contributed by atoms with van der Waals surface area (Å²) in [6, 6.07) is 5.71. The van der Waals surface area contributed by atoms with Gasteiger partial charge in [-0.05, 0) is 43.9 Å². The van der Waals surface area contributed by atoms with Crippen molar-refractivity contribution >= 4 is 41.6 Å². The van der Waals surface area contributed by atoms with Crippen molar-refractivity contribution in [1.82, 2.24) is 4.90 Å². The summed E-state index contributed by atoms with van der Waals surface area (Å²) in [4.78, 5) is 16.0. The molecular formula is C32H53ClFN4OSn-. The second-order valence-electron chi connectivity index (χ2n) is 9.55. The molecule has 4 rings (SSSR count). The summed E-state index contributed by atoms with van der Waals surface area (Å²) in [5, 5.41) is 10.3. The molecule has 1 aromatic carbocycles. The molecule has 1 N–H and O–H groups in total. The van der Waals surface area contributed by atoms with E-state index in [9.17, 15) is 9.18 Å². The summed E-state index contributed by atoms with van der Waals surface area (Å²) in [6.07, 6.45) is 28.5. The van der Waals surface area contributed by atoms with Gasteiger partial charge in [-0.1, -0.05) is 78.6 Å². The minimum Gasteiger partial charge on any atom is -1.00 e. The van der Waals surface area contributed by atoms with Crippen molar-refractivity contribution in [2.75, 3.05) is 25.0 Å². The number of amides is 2. The number of nitrogens with zero attached hydrogens (tertiary/aromatic N) is 3. The van der Waals surface area contributed by atoms with E-state index in [1.165, 1.54) is 146 Å². The third-order valence-corrected chi connectivity index (χ3v) is 6.54. The standard InChI is InChI=1S/C8H5FN3O.C6H15N.3C6H11.ClH.Sn/c9-6-1-3-7(4-2-6)12-8(13)11-5-10;1-4-7(5-2)6-3;3*1-2-4-6-5-3-1;;/h1-4H,(H,12,13);4-6H2,1-3H3;3*1H,2-6H2;1H;/q-1;;3*-1;;+4/p-1. The summed E-state index contributed by atoms with van der Waals surface area (Å²) in [5.41, 5.74) is 0.394. The summed E-state index contributed by atoms with van der Waals surface area (Å²) < 4.78 is 12.4. The fourth-order valence-electron chi connectivity index (χ4n) is 4.10. The molecule has 5 nitrogen and oxygen atoms in total. The first kappa shape index (κ1) is 43.5. The van der Waals surface area contributed by atoms with Gasteiger partial charge in [0.1, 0.15) is 5.82 Å². The maximum atomic E-state index is 12.4. The molecule has 8 heteroatoms. The SMILES string of the molecule is CCN(CC)CC.[CH-]1CCCCC1.[CH-]1CCCCC1.[CH-]1CCCCC1.[Cl-].[N-]=C=NC(=O)Nc1ccc(F)cc1.[Sn+4]. The minimum absolute atomic E-state index is 0. The predicted molar refractivity (Wildman–Crippen MR) is 168 cm³/mol. The third-order valence-electron chi connectivity index (χ3n) is 6.54. The molecule has 1 aromatic rings. The molecule has 0 radical (unpaired) electrons. The number of hydrogen-bond donors (Lipinski definition) is 1. The van der Waals surface area contributed by atoms with Crippen molar-refractivity contribution in [2.24, 2.45) is 4.99 Å². The zero-order valence-electron chi connectivity index (χ0n) is 25.3. The Hall–Kier alpha value is -0.951. The van der Waals surface area contributed by atoms with Crippen LogP contribution in [0.4, 0.5) is 14.9 Å². The van der Waals surface area contributed by atoms with Crippen molar-refractivity contribution in [3.05, 3.63) is 54.8 Å². The van der Waals surface area contributed by atoms with Crippen molar-refractivity contribution < 1.29 is 21.6 Å². The zero-order valence-corrected chi connectivity index (χ0v) is 28.9. The van der Waals surface area contributed by atoms with Gasteiger partial charge in [0.2, 0.25) is 6.03 Å². The molecule has 3 aliphatic rings. The van der Waals surface area contributed by atoms with Crippen LogP contribution >= 0.6 is 0 Å². The quantitative estimate of drug-likeness (QED) is 0.223. The molecule has 0 atom stereocenters. The van der Waals surface area contributed by atoms with Crippen LogP contribution in [-0.4, -0.2) is 60.5 Å². The van der Waals surface area contributed by atoms with Crippen LogP contribution in [0.3, 0.4) is 0 Å². The van der Waals surface area contributed by atoms with Gasteiger partial charge in [0, 0.05) is 5.69 Å². The number of anilines is 1. The molecule has 0 bridgehead atoms. The number of halogens is 2. The van der Waals surface area contributed by atoms with E-state index < -0.39 is 11.8 Å². The van der Waals surface area contributed by atoms with Crippen LogP contribution < -0.4 is 17.7 Å². The van der Waals surface area contributed by atoms with Gasteiger partial charge in [-0.3, -0.25) is 4.79 Å². The molecule has 3 saturated carbocycles. The number of urea groups is 1. The second-order valence-corrected chi connectivity index (χ2v) is 9.55. The van der Waals surface area contributed by atoms with Gasteiger partial charge in [-0.2, -0.15) is 38.5 Å². The number of rotatable bonds is 4. The van der Waals surface area contributed by atoms with Crippen LogP contribution in [0.25, 0.3) is 5.41 Å². The van der Waals surface area contributed by atoms with Gasteiger partial charge in [0.25, 0.3) is 0 Å². The normalized spacial score (nSPS) is 15.4. The molecule has 40 heavy (non-hydrogen) atoms. The molecule has 3 fully saturated rings. The maximum absolute atomic E-state index is 12.4. The number of carbonyl (C=O) groups is 1. The van der Waals surface area contributed by atoms with E-state index in [0.29, 0.717) is 5.69 Å². The van der Waals surface area contributed by atoms with Gasteiger partial charge in [-0.25, -0.2) is 4.39 Å². The molecule has 2 amide bonds. The fourth-order valence-corrected chi connectivity index (χ4v) is 4.10. The van der Waals surface area contributed by atoms with Gasteiger partial charge in [-0.15, -0.1) is 6.01 Å². The maximum Gasteiger partial charge on any atom is 4.00 e. The smallest absolute Gasteiger partial charge is 1.00 e. The first-order valence-electron chi connectivity index (χ1n) is 14.9. The molecule has 226 valence electrons. The second kappa shape index (κ2) is 34.3. The Morgan fingerprint density at radius 2 is 1.15 bits per heavy atom. The van der Waals surface area contributed by atoms with E-state index in [2.05, 4.69) is 55.2 Å². The molecule has 3 aliphatic carbocycles. The zero-order chi connectivity index (χ0) is 28.1. The van der Waals surface area contributed by atoms with Gasteiger partial charge >= 0.3 is 23.9 Å². The average Bonchev–Trinajstić information content (AvgIpc) is 2.99. The number of hydrogen-bond acceptors (Lipinski definition) is 2. The molecule has 0 heterocycles. The van der Waals surface area contributed by atoms with Gasteiger partial charge in [0.15, 0.2) is 0 Å². The van der Waals surface area contributed by atoms with E-state index in [1.807, 2.05) is 0 Å². The van der Waals surface area contributed by atoms with Crippen LogP contribution in [0, 0.1) is 25.1 Å². The summed E-state index contributed by atoms with van der Waals surface area (Å²) in [6.45, 7) is 10.1. The average molecular weight is 683 g/mol. The molecule has 0 unspecified atom stereocenters. The van der Waals surface area contributed by atoms with E-state index in [-0.39, 0.29) is 36.3 Å². The van der Waals surface area contributed by atoms with Crippen LogP contribution in [0.1, 0.15) is 117 Å². The number of nitrogens with one attached hydrogen (secondary N) is 1. The Bertz CT molecular complexity index is 633. The van der Waals surface area contributed by atoms with E-state index in [0.717, 1.165) is 0 Å². The van der Waals surface area contributed by atoms with Gasteiger partial charge < -0.3 is 52.3 Å². The Morgan fingerprint density at radius 3 is 1.35 bits per heavy atom. The van der Waals surface area contributed by atoms with E-state index in [1.54, 1.807) is 0 Å². The molecular weight excluding hydrogens is 630 g/mol. The third kappa shape index (κ3) is 30.0. The number of carbonyl (C=O) groups excluding carboxylic acids is 1. The predicted octanol–water partition coefficient (Wildman–Crippen LogP) is 6.54. The summed E-state index contributed by atoms with van der Waals surface area (Å²) in [5.74, 6) is -0.393. The Morgan fingerprint density at radius 1 is 0.800 bits per heavy atom. The van der Waals surface area contributed by atoms with Crippen LogP contribution in [0.15, 0.2) is 29.3 Å². The van der Waals surface area contributed by atoms with Crippen molar-refractivity contribution in [3.63, 3.8) is 0 Å². The number of aliphatic imine (C=N–C) groups is 1. The van der Waals surface area contributed by atoms with Crippen molar-refractivity contribution in [1.29, 1.82) is 0 Å². The van der Waals surface area contributed by atoms with Crippen LogP contribution in [0.5, 0.6) is 0 Å². The van der Waals surface area contributed by atoms with Crippen LogP contribution in [-0.2, 0) is 0 Å². The largest absolute Gasteiger partial charge is 4.00 e. The fraction of sp³-hybridized carbons (Fsp3) is 0.656. The first-order chi connectivity index (χ1) is 18.6. The first-order valence-corrected chi connectivity index (χ1v) is 14.9. The molecule has 0 saturated heterocycles. The van der Waals surface area contributed by atoms with E-state index in [4.69, 9.17) is 5.41 Å². The van der Waals surface area contributed by atoms with E-state index >= 15 is 0 Å². The summed E-state index contributed by atoms with van der Waals surface area (Å²) in [7, 11) is 0.